The van der Waals surface area contributed by atoms with Crippen LogP contribution in [0.5, 0.6) is 0 Å². The molecule has 114 valence electrons. The lowest BCUT2D eigenvalue weighted by molar-refractivity contribution is 0.745. The first kappa shape index (κ1) is 14.3. The molecule has 2 aromatic heterocycles. The van der Waals surface area contributed by atoms with Crippen LogP contribution in [-0.4, -0.2) is 19.5 Å². The smallest absolute Gasteiger partial charge is 0.224 e. The van der Waals surface area contributed by atoms with E-state index in [0.29, 0.717) is 5.82 Å². The van der Waals surface area contributed by atoms with Gasteiger partial charge in [-0.15, -0.1) is 0 Å². The molecule has 3 rings (SSSR count). The van der Waals surface area contributed by atoms with Crippen LogP contribution < -0.4 is 11.1 Å². The third-order valence-corrected chi connectivity index (χ3v) is 3.88. The van der Waals surface area contributed by atoms with Gasteiger partial charge in [0.15, 0.2) is 17.0 Å². The quantitative estimate of drug-likeness (QED) is 0.773. The lowest BCUT2D eigenvalue weighted by Crippen LogP contribution is -2.12. The second-order valence-corrected chi connectivity index (χ2v) is 5.34. The Hall–Kier alpha value is -2.63. The van der Waals surface area contributed by atoms with Crippen LogP contribution in [0.4, 0.5) is 11.8 Å². The van der Waals surface area contributed by atoms with E-state index in [0.717, 1.165) is 23.4 Å². The predicted octanol–water partition coefficient (Wildman–Crippen LogP) is 2.82. The van der Waals surface area contributed by atoms with Crippen molar-refractivity contribution in [1.29, 1.82) is 0 Å². The van der Waals surface area contributed by atoms with E-state index in [9.17, 15) is 0 Å². The Labute approximate surface area is 129 Å². The largest absolute Gasteiger partial charge is 0.368 e. The fourth-order valence-corrected chi connectivity index (χ4v) is 2.56. The number of hydrogen-bond donors (Lipinski definition) is 2. The number of nitrogens with one attached hydrogen (secondary N) is 1. The zero-order valence-electron chi connectivity index (χ0n) is 13.0. The third kappa shape index (κ3) is 2.47. The number of aromatic nitrogens is 4. The van der Waals surface area contributed by atoms with Gasteiger partial charge in [-0.25, -0.2) is 4.98 Å². The van der Waals surface area contributed by atoms with Gasteiger partial charge in [-0.2, -0.15) is 9.97 Å². The Morgan fingerprint density at radius 2 is 1.91 bits per heavy atom. The summed E-state index contributed by atoms with van der Waals surface area (Å²) in [6.45, 7) is 4.08. The molecule has 0 saturated carbocycles. The molecule has 0 aliphatic carbocycles. The second-order valence-electron chi connectivity index (χ2n) is 5.34. The number of fused-ring (bicyclic) bond motifs is 1. The maximum Gasteiger partial charge on any atom is 0.224 e. The van der Waals surface area contributed by atoms with Gasteiger partial charge in [0.05, 0.1) is 6.04 Å². The molecule has 0 bridgehead atoms. The van der Waals surface area contributed by atoms with Gasteiger partial charge in [0.25, 0.3) is 0 Å². The molecule has 6 nitrogen and oxygen atoms in total. The van der Waals surface area contributed by atoms with Gasteiger partial charge in [-0.3, -0.25) is 0 Å². The third-order valence-electron chi connectivity index (χ3n) is 3.88. The maximum atomic E-state index is 5.86. The van der Waals surface area contributed by atoms with Crippen molar-refractivity contribution in [2.24, 2.45) is 7.05 Å². The molecular formula is C16H20N6. The van der Waals surface area contributed by atoms with Crippen molar-refractivity contribution in [1.82, 2.24) is 19.5 Å². The highest BCUT2D eigenvalue weighted by Crippen LogP contribution is 2.26. The minimum Gasteiger partial charge on any atom is -0.368 e. The van der Waals surface area contributed by atoms with Crippen LogP contribution in [-0.2, 0) is 7.05 Å². The van der Waals surface area contributed by atoms with Crippen LogP contribution in [0.15, 0.2) is 30.3 Å². The molecule has 0 amide bonds. The minimum atomic E-state index is 0.154. The number of benzene rings is 1. The van der Waals surface area contributed by atoms with Crippen molar-refractivity contribution in [3.05, 3.63) is 41.7 Å². The normalized spacial score (nSPS) is 12.5. The predicted molar refractivity (Wildman–Crippen MR) is 88.6 cm³/mol. The van der Waals surface area contributed by atoms with Gasteiger partial charge in [0.1, 0.15) is 5.82 Å². The topological polar surface area (TPSA) is 81.7 Å². The molecule has 22 heavy (non-hydrogen) atoms. The summed E-state index contributed by atoms with van der Waals surface area (Å²) in [5.41, 5.74) is 8.57. The molecule has 3 aromatic rings. The van der Waals surface area contributed by atoms with E-state index in [1.165, 1.54) is 5.56 Å². The van der Waals surface area contributed by atoms with E-state index in [-0.39, 0.29) is 12.0 Å². The molecule has 0 aliphatic heterocycles. The van der Waals surface area contributed by atoms with Crippen LogP contribution in [0.1, 0.15) is 30.8 Å². The molecule has 1 atom stereocenters. The van der Waals surface area contributed by atoms with E-state index < -0.39 is 0 Å². The molecule has 2 heterocycles. The first-order valence-corrected chi connectivity index (χ1v) is 7.38. The number of nitrogen functional groups attached to an aromatic ring is 1. The summed E-state index contributed by atoms with van der Waals surface area (Å²) in [7, 11) is 1.93. The Bertz CT molecular complexity index is 793. The number of nitrogens with two attached hydrogens (primary N) is 1. The molecule has 0 saturated heterocycles. The van der Waals surface area contributed by atoms with Crippen LogP contribution in [0.3, 0.4) is 0 Å². The Kier molecular flexibility index (Phi) is 3.66. The molecular weight excluding hydrogens is 276 g/mol. The Morgan fingerprint density at radius 1 is 1.18 bits per heavy atom. The average Bonchev–Trinajstić information content (AvgIpc) is 2.81. The van der Waals surface area contributed by atoms with E-state index in [4.69, 9.17) is 5.73 Å². The van der Waals surface area contributed by atoms with Crippen molar-refractivity contribution < 1.29 is 0 Å². The molecule has 1 aromatic carbocycles. The summed E-state index contributed by atoms with van der Waals surface area (Å²) in [5, 5.41) is 3.46. The van der Waals surface area contributed by atoms with Gasteiger partial charge >= 0.3 is 0 Å². The monoisotopic (exact) mass is 296 g/mol. The number of imidazole rings is 1. The van der Waals surface area contributed by atoms with Crippen molar-refractivity contribution >= 4 is 22.9 Å². The molecule has 6 heteroatoms. The average molecular weight is 296 g/mol. The van der Waals surface area contributed by atoms with E-state index in [2.05, 4.69) is 39.3 Å². The zero-order valence-corrected chi connectivity index (χ0v) is 13.0. The SMILES string of the molecule is CC[C@@H](Nc1nc(N)nc2c1nc(C)n2C)c1ccccc1. The van der Waals surface area contributed by atoms with Gasteiger partial charge < -0.3 is 15.6 Å². The summed E-state index contributed by atoms with van der Waals surface area (Å²) in [6, 6.07) is 10.4. The van der Waals surface area contributed by atoms with Crippen LogP contribution in [0.2, 0.25) is 0 Å². The first-order chi connectivity index (χ1) is 10.6. The van der Waals surface area contributed by atoms with Crippen LogP contribution >= 0.6 is 0 Å². The molecule has 3 N–H and O–H groups in total. The van der Waals surface area contributed by atoms with E-state index >= 15 is 0 Å². The van der Waals surface area contributed by atoms with Crippen molar-refractivity contribution in [3.8, 4) is 0 Å². The summed E-state index contributed by atoms with van der Waals surface area (Å²) in [5.74, 6) is 1.81. The lowest BCUT2D eigenvalue weighted by Gasteiger charge is -2.18. The van der Waals surface area contributed by atoms with Crippen molar-refractivity contribution in [2.75, 3.05) is 11.1 Å². The van der Waals surface area contributed by atoms with Gasteiger partial charge in [-0.05, 0) is 18.9 Å². The highest BCUT2D eigenvalue weighted by molar-refractivity contribution is 5.84. The second kappa shape index (κ2) is 5.63. The standard InChI is InChI=1S/C16H20N6/c1-4-12(11-8-6-5-7-9-11)19-14-13-15(21-16(17)20-14)22(3)10(2)18-13/h5-9,12H,4H2,1-3H3,(H3,17,19,20,21)/t12-/m1/s1. The number of aryl methyl sites for hydroxylation is 2. The van der Waals surface area contributed by atoms with Gasteiger partial charge in [0, 0.05) is 7.05 Å². The highest BCUT2D eigenvalue weighted by atomic mass is 15.2. The zero-order chi connectivity index (χ0) is 15.7. The van der Waals surface area contributed by atoms with Gasteiger partial charge in [0.2, 0.25) is 5.95 Å². The Balaban J connectivity index is 2.04. The van der Waals surface area contributed by atoms with Crippen molar-refractivity contribution in [3.63, 3.8) is 0 Å². The fraction of sp³-hybridized carbons (Fsp3) is 0.312. The summed E-state index contributed by atoms with van der Waals surface area (Å²) < 4.78 is 1.92. The van der Waals surface area contributed by atoms with E-state index in [1.54, 1.807) is 0 Å². The number of nitrogens with zero attached hydrogens (tertiary/aromatic N) is 4. The van der Waals surface area contributed by atoms with Crippen LogP contribution in [0, 0.1) is 6.92 Å². The molecule has 0 unspecified atom stereocenters. The number of anilines is 2. The Morgan fingerprint density at radius 3 is 2.59 bits per heavy atom. The number of hydrogen-bond acceptors (Lipinski definition) is 5. The molecule has 0 fully saturated rings. The molecule has 0 aliphatic rings. The summed E-state index contributed by atoms with van der Waals surface area (Å²) in [6.07, 6.45) is 0.932. The lowest BCUT2D eigenvalue weighted by atomic mass is 10.0. The number of rotatable bonds is 4. The fourth-order valence-electron chi connectivity index (χ4n) is 2.56. The molecule has 0 radical (unpaired) electrons. The highest BCUT2D eigenvalue weighted by Gasteiger charge is 2.16. The van der Waals surface area contributed by atoms with Crippen LogP contribution in [0.25, 0.3) is 11.2 Å². The van der Waals surface area contributed by atoms with Crippen molar-refractivity contribution in [2.45, 2.75) is 26.3 Å². The van der Waals surface area contributed by atoms with E-state index in [1.807, 2.05) is 36.7 Å². The summed E-state index contributed by atoms with van der Waals surface area (Å²) >= 11 is 0. The van der Waals surface area contributed by atoms with Gasteiger partial charge in [-0.1, -0.05) is 37.3 Å². The summed E-state index contributed by atoms with van der Waals surface area (Å²) in [4.78, 5) is 13.2. The first-order valence-electron chi connectivity index (χ1n) is 7.38. The maximum absolute atomic E-state index is 5.86. The molecule has 0 spiro atoms. The minimum absolute atomic E-state index is 0.154.